The molecule has 2 rings (SSSR count). The number of rotatable bonds is 8. The fraction of sp³-hybridized carbons (Fsp3) is 0.211. The second-order valence-corrected chi connectivity index (χ2v) is 5.54. The molecule has 0 atom stereocenters. The molecule has 0 unspecified atom stereocenters. The molecule has 0 aliphatic rings. The Balaban J connectivity index is 2.11. The lowest BCUT2D eigenvalue weighted by atomic mass is 10.1. The number of carbonyl (C=O) groups excluding carboxylic acids is 2. The van der Waals surface area contributed by atoms with Crippen LogP contribution in [0.2, 0.25) is 0 Å². The maximum Gasteiger partial charge on any atom is 0.303 e. The number of hydrogen-bond acceptors (Lipinski definition) is 5. The van der Waals surface area contributed by atoms with Crippen molar-refractivity contribution < 1.29 is 29.0 Å². The second-order valence-electron chi connectivity index (χ2n) is 5.54. The highest BCUT2D eigenvalue weighted by molar-refractivity contribution is 6.06. The molecule has 0 bridgehead atoms. The predicted molar refractivity (Wildman–Crippen MR) is 99.4 cm³/mol. The molecule has 27 heavy (non-hydrogen) atoms. The van der Waals surface area contributed by atoms with Crippen LogP contribution in [0.5, 0.6) is 11.5 Å². The largest absolute Gasteiger partial charge is 0.497 e. The average molecular weight is 372 g/mol. The van der Waals surface area contributed by atoms with E-state index in [1.807, 2.05) is 0 Å². The summed E-state index contributed by atoms with van der Waals surface area (Å²) in [6, 6.07) is 11.3. The molecule has 2 aromatic carbocycles. The smallest absolute Gasteiger partial charge is 0.303 e. The van der Waals surface area contributed by atoms with Gasteiger partial charge in [-0.1, -0.05) is 6.07 Å². The van der Waals surface area contributed by atoms with Crippen molar-refractivity contribution in [1.29, 1.82) is 0 Å². The number of aliphatic carboxylic acids is 1. The van der Waals surface area contributed by atoms with Crippen LogP contribution in [0.25, 0.3) is 0 Å². The number of methoxy groups -OCH3 is 2. The number of ether oxygens (including phenoxy) is 2. The van der Waals surface area contributed by atoms with Gasteiger partial charge in [0, 0.05) is 23.7 Å². The van der Waals surface area contributed by atoms with Gasteiger partial charge >= 0.3 is 5.97 Å². The van der Waals surface area contributed by atoms with Crippen molar-refractivity contribution in [3.8, 4) is 11.5 Å². The highest BCUT2D eigenvalue weighted by Crippen LogP contribution is 2.29. The topological polar surface area (TPSA) is 114 Å². The van der Waals surface area contributed by atoms with E-state index >= 15 is 0 Å². The Morgan fingerprint density at radius 1 is 0.963 bits per heavy atom. The van der Waals surface area contributed by atoms with Crippen LogP contribution in [-0.4, -0.2) is 37.1 Å². The van der Waals surface area contributed by atoms with Crippen LogP contribution >= 0.6 is 0 Å². The van der Waals surface area contributed by atoms with Crippen molar-refractivity contribution in [3.63, 3.8) is 0 Å². The molecular weight excluding hydrogens is 352 g/mol. The number of benzene rings is 2. The summed E-state index contributed by atoms with van der Waals surface area (Å²) in [4.78, 5) is 34.8. The summed E-state index contributed by atoms with van der Waals surface area (Å²) >= 11 is 0. The van der Waals surface area contributed by atoms with Crippen LogP contribution in [-0.2, 0) is 9.59 Å². The summed E-state index contributed by atoms with van der Waals surface area (Å²) in [6.07, 6.45) is -0.408. The minimum absolute atomic E-state index is 0.146. The minimum atomic E-state index is -1.05. The van der Waals surface area contributed by atoms with Gasteiger partial charge in [0.2, 0.25) is 5.91 Å². The fourth-order valence-corrected chi connectivity index (χ4v) is 2.29. The fourth-order valence-electron chi connectivity index (χ4n) is 2.29. The molecule has 0 radical (unpaired) electrons. The molecule has 8 heteroatoms. The molecule has 0 saturated heterocycles. The van der Waals surface area contributed by atoms with Crippen molar-refractivity contribution in [1.82, 2.24) is 0 Å². The molecule has 0 fully saturated rings. The van der Waals surface area contributed by atoms with Crippen LogP contribution in [0.3, 0.4) is 0 Å². The van der Waals surface area contributed by atoms with Crippen LogP contribution < -0.4 is 20.1 Å². The molecule has 0 aromatic heterocycles. The van der Waals surface area contributed by atoms with Crippen LogP contribution in [0, 0.1) is 0 Å². The quantitative estimate of drug-likeness (QED) is 0.656. The third-order valence-electron chi connectivity index (χ3n) is 3.63. The van der Waals surface area contributed by atoms with E-state index in [2.05, 4.69) is 10.6 Å². The molecule has 3 N–H and O–H groups in total. The Morgan fingerprint density at radius 3 is 2.41 bits per heavy atom. The Labute approximate surface area is 156 Å². The predicted octanol–water partition coefficient (Wildman–Crippen LogP) is 2.76. The monoisotopic (exact) mass is 372 g/mol. The molecule has 142 valence electrons. The summed E-state index contributed by atoms with van der Waals surface area (Å²) in [7, 11) is 3.01. The molecule has 2 amide bonds. The zero-order chi connectivity index (χ0) is 19.8. The summed E-state index contributed by atoms with van der Waals surface area (Å²) in [5.74, 6) is -0.856. The molecule has 0 heterocycles. The standard InChI is InChI=1S/C19H20N2O6/c1-26-14-6-7-16(27-2)15(11-14)21-19(25)12-4-3-5-13(10-12)20-17(22)8-9-18(23)24/h3-7,10-11H,8-9H2,1-2H3,(H,20,22)(H,21,25)(H,23,24). The second kappa shape index (κ2) is 9.23. The van der Waals surface area contributed by atoms with Gasteiger partial charge < -0.3 is 25.2 Å². The highest BCUT2D eigenvalue weighted by Gasteiger charge is 2.12. The molecular formula is C19H20N2O6. The summed E-state index contributed by atoms with van der Waals surface area (Å²) in [6.45, 7) is 0. The normalized spacial score (nSPS) is 10.0. The van der Waals surface area contributed by atoms with Gasteiger partial charge in [0.05, 0.1) is 26.3 Å². The van der Waals surface area contributed by atoms with E-state index in [1.54, 1.807) is 36.4 Å². The van der Waals surface area contributed by atoms with Gasteiger partial charge in [-0.3, -0.25) is 14.4 Å². The SMILES string of the molecule is COc1ccc(OC)c(NC(=O)c2cccc(NC(=O)CCC(=O)O)c2)c1. The lowest BCUT2D eigenvalue weighted by molar-refractivity contribution is -0.138. The Bertz CT molecular complexity index is 850. The van der Waals surface area contributed by atoms with Crippen LogP contribution in [0.15, 0.2) is 42.5 Å². The lowest BCUT2D eigenvalue weighted by Crippen LogP contribution is -2.15. The molecule has 8 nitrogen and oxygen atoms in total. The number of hydrogen-bond donors (Lipinski definition) is 3. The van der Waals surface area contributed by atoms with Gasteiger partial charge in [0.15, 0.2) is 0 Å². The van der Waals surface area contributed by atoms with Crippen LogP contribution in [0.4, 0.5) is 11.4 Å². The lowest BCUT2D eigenvalue weighted by Gasteiger charge is -2.12. The van der Waals surface area contributed by atoms with Gasteiger partial charge in [-0.25, -0.2) is 0 Å². The van der Waals surface area contributed by atoms with E-state index in [0.717, 1.165) is 0 Å². The number of nitrogens with one attached hydrogen (secondary N) is 2. The van der Waals surface area contributed by atoms with Crippen molar-refractivity contribution in [2.24, 2.45) is 0 Å². The Kier molecular flexibility index (Phi) is 6.76. The van der Waals surface area contributed by atoms with Gasteiger partial charge in [-0.2, -0.15) is 0 Å². The van der Waals surface area contributed by atoms with Gasteiger partial charge in [-0.05, 0) is 30.3 Å². The number of anilines is 2. The maximum absolute atomic E-state index is 12.5. The zero-order valence-corrected chi connectivity index (χ0v) is 14.9. The van der Waals surface area contributed by atoms with Crippen molar-refractivity contribution in [2.75, 3.05) is 24.9 Å². The maximum atomic E-state index is 12.5. The van der Waals surface area contributed by atoms with Gasteiger partial charge in [-0.15, -0.1) is 0 Å². The summed E-state index contributed by atoms with van der Waals surface area (Å²) in [5, 5.41) is 13.9. The van der Waals surface area contributed by atoms with Crippen molar-refractivity contribution >= 4 is 29.2 Å². The van der Waals surface area contributed by atoms with E-state index in [0.29, 0.717) is 28.4 Å². The molecule has 0 aliphatic carbocycles. The van der Waals surface area contributed by atoms with Gasteiger partial charge in [0.25, 0.3) is 5.91 Å². The molecule has 0 saturated carbocycles. The Morgan fingerprint density at radius 2 is 1.74 bits per heavy atom. The number of carboxylic acid groups (broad SMARTS) is 1. The van der Waals surface area contributed by atoms with Gasteiger partial charge in [0.1, 0.15) is 11.5 Å². The third-order valence-corrected chi connectivity index (χ3v) is 3.63. The average Bonchev–Trinajstić information content (AvgIpc) is 2.66. The van der Waals surface area contributed by atoms with Crippen LogP contribution in [0.1, 0.15) is 23.2 Å². The first-order chi connectivity index (χ1) is 12.9. The van der Waals surface area contributed by atoms with Crippen molar-refractivity contribution in [3.05, 3.63) is 48.0 Å². The first-order valence-corrected chi connectivity index (χ1v) is 8.08. The number of carboxylic acids is 1. The number of carbonyl (C=O) groups is 3. The van der Waals surface area contributed by atoms with E-state index in [1.165, 1.54) is 20.3 Å². The zero-order valence-electron chi connectivity index (χ0n) is 14.9. The number of amides is 2. The first kappa shape index (κ1) is 19.8. The van der Waals surface area contributed by atoms with E-state index < -0.39 is 17.8 Å². The van der Waals surface area contributed by atoms with E-state index in [4.69, 9.17) is 14.6 Å². The molecule has 2 aromatic rings. The van der Waals surface area contributed by atoms with E-state index in [-0.39, 0.29) is 12.8 Å². The first-order valence-electron chi connectivity index (χ1n) is 8.08. The third kappa shape index (κ3) is 5.74. The Hall–Kier alpha value is -3.55. The summed E-state index contributed by atoms with van der Waals surface area (Å²) in [5.41, 5.74) is 1.16. The van der Waals surface area contributed by atoms with Crippen molar-refractivity contribution in [2.45, 2.75) is 12.8 Å². The highest BCUT2D eigenvalue weighted by atomic mass is 16.5. The molecule has 0 aliphatic heterocycles. The molecule has 0 spiro atoms. The van der Waals surface area contributed by atoms with E-state index in [9.17, 15) is 14.4 Å². The minimum Gasteiger partial charge on any atom is -0.497 e. The summed E-state index contributed by atoms with van der Waals surface area (Å²) < 4.78 is 10.4.